The van der Waals surface area contributed by atoms with Crippen molar-refractivity contribution in [2.45, 2.75) is 52.6 Å². The van der Waals surface area contributed by atoms with Crippen LogP contribution in [0.5, 0.6) is 11.5 Å². The second-order valence-corrected chi connectivity index (χ2v) is 9.39. The number of esters is 1. The van der Waals surface area contributed by atoms with Crippen LogP contribution in [0.4, 0.5) is 4.39 Å². The number of carbonyl (C=O) groups excluding carboxylic acids is 1. The van der Waals surface area contributed by atoms with Crippen LogP contribution in [0.15, 0.2) is 73.3 Å². The smallest absolute Gasteiger partial charge is 0.305 e. The molecule has 4 nitrogen and oxygen atoms in total. The zero-order valence-electron chi connectivity index (χ0n) is 22.2. The molecule has 0 aliphatic rings. The van der Waals surface area contributed by atoms with Crippen LogP contribution in [0.25, 0.3) is 11.1 Å². The fourth-order valence-electron chi connectivity index (χ4n) is 3.66. The summed E-state index contributed by atoms with van der Waals surface area (Å²) < 4.78 is 30.8. The van der Waals surface area contributed by atoms with Gasteiger partial charge in [-0.3, -0.25) is 4.79 Å². The lowest BCUT2D eigenvalue weighted by atomic mass is 9.81. The topological polar surface area (TPSA) is 44.8 Å². The van der Waals surface area contributed by atoms with Gasteiger partial charge in [-0.25, -0.2) is 4.39 Å². The first kappa shape index (κ1) is 28.6. The van der Waals surface area contributed by atoms with Gasteiger partial charge < -0.3 is 14.2 Å². The van der Waals surface area contributed by atoms with Crippen LogP contribution >= 0.6 is 0 Å². The Morgan fingerprint density at radius 3 is 2.11 bits per heavy atom. The summed E-state index contributed by atoms with van der Waals surface area (Å²) in [6.45, 7) is 11.9. The molecule has 0 aliphatic carbocycles. The maximum Gasteiger partial charge on any atom is 0.305 e. The van der Waals surface area contributed by atoms with E-state index in [1.54, 1.807) is 25.3 Å². The number of halogens is 1. The van der Waals surface area contributed by atoms with Gasteiger partial charge in [0, 0.05) is 12.0 Å². The van der Waals surface area contributed by atoms with E-state index < -0.39 is 0 Å². The largest absolute Gasteiger partial charge is 0.497 e. The lowest BCUT2D eigenvalue weighted by Gasteiger charge is -2.24. The highest BCUT2D eigenvalue weighted by Gasteiger charge is 2.21. The highest BCUT2D eigenvalue weighted by atomic mass is 19.1. The molecule has 0 spiro atoms. The summed E-state index contributed by atoms with van der Waals surface area (Å²) in [4.78, 5) is 11.3. The molecule has 0 N–H and O–H groups in total. The Bertz CT molecular complexity index is 1140. The third-order valence-corrected chi connectivity index (χ3v) is 5.53. The van der Waals surface area contributed by atoms with Crippen LogP contribution in [0.1, 0.15) is 50.8 Å². The van der Waals surface area contributed by atoms with Gasteiger partial charge in [0.1, 0.15) is 23.9 Å². The van der Waals surface area contributed by atoms with E-state index in [1.165, 1.54) is 13.2 Å². The minimum Gasteiger partial charge on any atom is -0.497 e. The molecule has 3 aromatic rings. The Morgan fingerprint density at radius 2 is 1.53 bits per heavy atom. The summed E-state index contributed by atoms with van der Waals surface area (Å²) in [6.07, 6.45) is 2.72. The number of hydrogen-bond acceptors (Lipinski definition) is 4. The molecule has 0 amide bonds. The van der Waals surface area contributed by atoms with Crippen molar-refractivity contribution in [1.82, 2.24) is 0 Å². The maximum absolute atomic E-state index is 14.8. The summed E-state index contributed by atoms with van der Waals surface area (Å²) in [6, 6.07) is 18.5. The normalized spacial score (nSPS) is 10.6. The van der Waals surface area contributed by atoms with Gasteiger partial charge in [0.15, 0.2) is 0 Å². The lowest BCUT2D eigenvalue weighted by Crippen LogP contribution is -2.13. The minimum absolute atomic E-state index is 0.162. The van der Waals surface area contributed by atoms with Crippen LogP contribution < -0.4 is 9.47 Å². The summed E-state index contributed by atoms with van der Waals surface area (Å²) >= 11 is 0. The molecule has 3 rings (SSSR count). The molecular weight excluding hydrogens is 455 g/mol. The van der Waals surface area contributed by atoms with Crippen molar-refractivity contribution in [3.63, 3.8) is 0 Å². The van der Waals surface area contributed by atoms with Gasteiger partial charge in [0.05, 0.1) is 14.2 Å². The van der Waals surface area contributed by atoms with E-state index in [-0.39, 0.29) is 17.2 Å². The molecule has 3 aromatic carbocycles. The maximum atomic E-state index is 14.8. The van der Waals surface area contributed by atoms with Gasteiger partial charge >= 0.3 is 5.97 Å². The molecule has 0 heterocycles. The number of hydrogen-bond donors (Lipinski definition) is 0. The number of aryl methyl sites for hydroxylation is 1. The quantitative estimate of drug-likeness (QED) is 0.239. The highest BCUT2D eigenvalue weighted by Crippen LogP contribution is 2.36. The van der Waals surface area contributed by atoms with E-state index >= 15 is 0 Å². The summed E-state index contributed by atoms with van der Waals surface area (Å²) in [7, 11) is 2.97. The van der Waals surface area contributed by atoms with Gasteiger partial charge in [-0.1, -0.05) is 51.1 Å². The lowest BCUT2D eigenvalue weighted by molar-refractivity contribution is -0.140. The Labute approximate surface area is 214 Å². The van der Waals surface area contributed by atoms with E-state index in [2.05, 4.69) is 32.1 Å². The molecule has 192 valence electrons. The zero-order chi connectivity index (χ0) is 26.7. The van der Waals surface area contributed by atoms with E-state index in [4.69, 9.17) is 9.47 Å². The molecule has 0 bridgehead atoms. The standard InChI is InChI=1S/C28H31FO4.C3H6/c1-28(2,3)25-13-8-20(16-23(25)24-17-22(31-4)12-14-26(24)29)18-33-21-10-6-19(7-11-21)9-15-27(30)32-5;1-3-2/h6-8,10-14,16-17H,9,15,18H2,1-5H3;3H,1H2,2H3. The van der Waals surface area contributed by atoms with Crippen molar-refractivity contribution >= 4 is 5.97 Å². The molecule has 0 aromatic heterocycles. The van der Waals surface area contributed by atoms with Gasteiger partial charge in [-0.05, 0) is 77.4 Å². The Morgan fingerprint density at radius 1 is 0.917 bits per heavy atom. The Hall–Kier alpha value is -3.60. The molecule has 0 radical (unpaired) electrons. The zero-order valence-corrected chi connectivity index (χ0v) is 22.2. The number of allylic oxidation sites excluding steroid dienone is 1. The van der Waals surface area contributed by atoms with Crippen LogP contribution in [0.3, 0.4) is 0 Å². The van der Waals surface area contributed by atoms with Gasteiger partial charge in [0.2, 0.25) is 0 Å². The van der Waals surface area contributed by atoms with E-state index in [1.807, 2.05) is 49.4 Å². The van der Waals surface area contributed by atoms with Crippen LogP contribution in [0.2, 0.25) is 0 Å². The molecule has 0 aliphatic heterocycles. The third kappa shape index (κ3) is 8.26. The number of methoxy groups -OCH3 is 2. The highest BCUT2D eigenvalue weighted by molar-refractivity contribution is 5.71. The SMILES string of the molecule is C=CC.COC(=O)CCc1ccc(OCc2ccc(C(C)(C)C)c(-c3cc(OC)ccc3F)c2)cc1. The average Bonchev–Trinajstić information content (AvgIpc) is 2.86. The first-order valence-electron chi connectivity index (χ1n) is 12.0. The first-order valence-corrected chi connectivity index (χ1v) is 12.0. The molecule has 0 saturated heterocycles. The second-order valence-electron chi connectivity index (χ2n) is 9.39. The van der Waals surface area contributed by atoms with Gasteiger partial charge in [-0.15, -0.1) is 6.58 Å². The number of rotatable bonds is 8. The van der Waals surface area contributed by atoms with E-state index in [9.17, 15) is 9.18 Å². The average molecular weight is 493 g/mol. The van der Waals surface area contributed by atoms with Crippen molar-refractivity contribution in [3.8, 4) is 22.6 Å². The molecule has 36 heavy (non-hydrogen) atoms. The first-order chi connectivity index (χ1) is 17.1. The van der Waals surface area contributed by atoms with Crippen molar-refractivity contribution in [2.75, 3.05) is 14.2 Å². The van der Waals surface area contributed by atoms with Crippen molar-refractivity contribution in [1.29, 1.82) is 0 Å². The molecule has 0 unspecified atom stereocenters. The molecule has 0 fully saturated rings. The van der Waals surface area contributed by atoms with Crippen LogP contribution in [0, 0.1) is 5.82 Å². The Balaban J connectivity index is 0.00000145. The molecule has 0 saturated carbocycles. The number of carbonyl (C=O) groups is 1. The third-order valence-electron chi connectivity index (χ3n) is 5.53. The summed E-state index contributed by atoms with van der Waals surface area (Å²) in [5, 5.41) is 0. The van der Waals surface area contributed by atoms with Gasteiger partial charge in [0.25, 0.3) is 0 Å². The number of benzene rings is 3. The molecule has 0 atom stereocenters. The number of ether oxygens (including phenoxy) is 3. The van der Waals surface area contributed by atoms with Crippen molar-refractivity contribution in [2.24, 2.45) is 0 Å². The summed E-state index contributed by atoms with van der Waals surface area (Å²) in [5.41, 5.74) is 4.21. The summed E-state index contributed by atoms with van der Waals surface area (Å²) in [5.74, 6) is 0.824. The van der Waals surface area contributed by atoms with Gasteiger partial charge in [-0.2, -0.15) is 0 Å². The fourth-order valence-corrected chi connectivity index (χ4v) is 3.66. The monoisotopic (exact) mass is 492 g/mol. The predicted molar refractivity (Wildman–Crippen MR) is 144 cm³/mol. The predicted octanol–water partition coefficient (Wildman–Crippen LogP) is 7.68. The Kier molecular flexibility index (Phi) is 10.7. The minimum atomic E-state index is -0.290. The van der Waals surface area contributed by atoms with E-state index in [0.29, 0.717) is 30.8 Å². The second kappa shape index (κ2) is 13.5. The van der Waals surface area contributed by atoms with E-state index in [0.717, 1.165) is 28.0 Å². The molecular formula is C31H37FO4. The fraction of sp³-hybridized carbons (Fsp3) is 0.323. The van der Waals surface area contributed by atoms with Crippen LogP contribution in [-0.4, -0.2) is 20.2 Å². The van der Waals surface area contributed by atoms with Crippen molar-refractivity contribution < 1.29 is 23.4 Å². The van der Waals surface area contributed by atoms with Crippen LogP contribution in [-0.2, 0) is 28.0 Å². The van der Waals surface area contributed by atoms with Crippen molar-refractivity contribution in [3.05, 3.63) is 95.8 Å². The molecule has 5 heteroatoms.